The van der Waals surface area contributed by atoms with E-state index in [0.717, 1.165) is 18.4 Å². The Kier molecular flexibility index (Phi) is 5.37. The number of pyridine rings is 1. The number of hydrogen-bond donors (Lipinski definition) is 2. The Morgan fingerprint density at radius 1 is 1.12 bits per heavy atom. The van der Waals surface area contributed by atoms with Crippen LogP contribution in [-0.2, 0) is 16.1 Å². The Labute approximate surface area is 187 Å². The molecule has 1 aromatic heterocycles. The molecule has 1 saturated carbocycles. The van der Waals surface area contributed by atoms with Gasteiger partial charge in [-0.1, -0.05) is 30.3 Å². The van der Waals surface area contributed by atoms with E-state index in [9.17, 15) is 19.5 Å². The number of nitrogens with one attached hydrogen (secondary N) is 1. The summed E-state index contributed by atoms with van der Waals surface area (Å²) in [7, 11) is 0. The highest BCUT2D eigenvalue weighted by molar-refractivity contribution is 5.84. The molecule has 2 amide bonds. The lowest BCUT2D eigenvalue weighted by molar-refractivity contribution is -0.137. The fraction of sp³-hybridized carbons (Fsp3) is 0.480. The average molecular weight is 436 g/mol. The number of nitrogens with zero attached hydrogens (tertiary/aromatic N) is 2. The predicted octanol–water partition coefficient (Wildman–Crippen LogP) is 1.94. The number of amides is 2. The molecular formula is C25H29N3O4. The minimum absolute atomic E-state index is 0.0265. The summed E-state index contributed by atoms with van der Waals surface area (Å²) in [5, 5.41) is 13.2. The molecule has 0 radical (unpaired) electrons. The van der Waals surface area contributed by atoms with Gasteiger partial charge in [0.15, 0.2) is 0 Å². The van der Waals surface area contributed by atoms with Crippen molar-refractivity contribution in [3.8, 4) is 11.1 Å². The zero-order chi connectivity index (χ0) is 22.4. The van der Waals surface area contributed by atoms with E-state index >= 15 is 0 Å². The molecule has 4 atom stereocenters. The van der Waals surface area contributed by atoms with Gasteiger partial charge in [0.1, 0.15) is 0 Å². The molecule has 5 rings (SSSR count). The maximum absolute atomic E-state index is 13.5. The first-order valence-corrected chi connectivity index (χ1v) is 11.5. The molecule has 1 saturated heterocycles. The number of rotatable bonds is 6. The van der Waals surface area contributed by atoms with Gasteiger partial charge < -0.3 is 19.9 Å². The van der Waals surface area contributed by atoms with Crippen molar-refractivity contribution in [2.45, 2.75) is 44.8 Å². The molecular weight excluding hydrogens is 406 g/mol. The van der Waals surface area contributed by atoms with E-state index in [2.05, 4.69) is 5.32 Å². The first-order chi connectivity index (χ1) is 15.5. The molecule has 0 unspecified atom stereocenters. The zero-order valence-electron chi connectivity index (χ0n) is 18.2. The minimum atomic E-state index is -0.580. The van der Waals surface area contributed by atoms with Crippen molar-refractivity contribution in [3.63, 3.8) is 0 Å². The van der Waals surface area contributed by atoms with E-state index in [4.69, 9.17) is 0 Å². The van der Waals surface area contributed by atoms with Crippen LogP contribution in [0.3, 0.4) is 0 Å². The maximum Gasteiger partial charge on any atom is 0.258 e. The topological polar surface area (TPSA) is 91.6 Å². The van der Waals surface area contributed by atoms with Crippen LogP contribution in [0.25, 0.3) is 11.1 Å². The van der Waals surface area contributed by atoms with Gasteiger partial charge in [-0.05, 0) is 43.4 Å². The molecule has 2 aliphatic heterocycles. The number of carbonyl (C=O) groups is 2. The number of aromatic nitrogens is 1. The van der Waals surface area contributed by atoms with Gasteiger partial charge >= 0.3 is 0 Å². The molecule has 3 heterocycles. The first kappa shape index (κ1) is 20.9. The van der Waals surface area contributed by atoms with E-state index in [-0.39, 0.29) is 30.0 Å². The fourth-order valence-electron chi connectivity index (χ4n) is 5.55. The van der Waals surface area contributed by atoms with E-state index in [1.165, 1.54) is 0 Å². The van der Waals surface area contributed by atoms with Crippen molar-refractivity contribution in [3.05, 3.63) is 58.5 Å². The van der Waals surface area contributed by atoms with Gasteiger partial charge in [-0.3, -0.25) is 14.4 Å². The molecule has 7 heteroatoms. The van der Waals surface area contributed by atoms with Crippen LogP contribution in [-0.4, -0.2) is 45.6 Å². The lowest BCUT2D eigenvalue weighted by Crippen LogP contribution is -2.49. The van der Waals surface area contributed by atoms with Gasteiger partial charge in [0, 0.05) is 43.3 Å². The van der Waals surface area contributed by atoms with E-state index in [1.54, 1.807) is 10.6 Å². The standard InChI is InChI=1S/C25H29N3O4/c1-2-26-24(31)22-18(14-29)20-13-27-19(23(22)28(20)21(30)12-15-8-9-15)11-10-17(25(27)32)16-6-4-3-5-7-16/h3-7,10-11,15,18,20,22-23,29H,2,8-9,12-14H2,1H3,(H,26,31)/t18-,20-,22+,23+/m0/s1. The third-order valence-electron chi connectivity index (χ3n) is 7.23. The molecule has 3 aliphatic rings. The maximum atomic E-state index is 13.5. The van der Waals surface area contributed by atoms with Crippen LogP contribution in [0.4, 0.5) is 0 Å². The van der Waals surface area contributed by atoms with Crippen LogP contribution >= 0.6 is 0 Å². The Morgan fingerprint density at radius 2 is 1.88 bits per heavy atom. The Hall–Kier alpha value is -2.93. The van der Waals surface area contributed by atoms with Gasteiger partial charge in [-0.25, -0.2) is 0 Å². The monoisotopic (exact) mass is 435 g/mol. The Balaban J connectivity index is 1.62. The summed E-state index contributed by atoms with van der Waals surface area (Å²) >= 11 is 0. The number of aliphatic hydroxyl groups is 1. The molecule has 2 aromatic rings. The number of benzene rings is 1. The van der Waals surface area contributed by atoms with Crippen molar-refractivity contribution in [1.82, 2.24) is 14.8 Å². The van der Waals surface area contributed by atoms with Gasteiger partial charge in [0.2, 0.25) is 11.8 Å². The third kappa shape index (κ3) is 3.35. The van der Waals surface area contributed by atoms with Crippen molar-refractivity contribution in [2.75, 3.05) is 13.2 Å². The number of aliphatic hydroxyl groups excluding tert-OH is 1. The average Bonchev–Trinajstić information content (AvgIpc) is 3.57. The van der Waals surface area contributed by atoms with Crippen molar-refractivity contribution < 1.29 is 14.7 Å². The van der Waals surface area contributed by atoms with Crippen LogP contribution < -0.4 is 10.9 Å². The molecule has 2 bridgehead atoms. The number of carbonyl (C=O) groups excluding carboxylic acids is 2. The van der Waals surface area contributed by atoms with Crippen LogP contribution in [0.2, 0.25) is 0 Å². The summed E-state index contributed by atoms with van der Waals surface area (Å²) in [5.74, 6) is -0.713. The first-order valence-electron chi connectivity index (χ1n) is 11.5. The van der Waals surface area contributed by atoms with Crippen molar-refractivity contribution in [1.29, 1.82) is 0 Å². The largest absolute Gasteiger partial charge is 0.396 e. The molecule has 0 spiro atoms. The number of fused-ring (bicyclic) bond motifs is 4. The Morgan fingerprint density at radius 3 is 2.53 bits per heavy atom. The second kappa shape index (κ2) is 8.20. The highest BCUT2D eigenvalue weighted by Gasteiger charge is 2.57. The molecule has 1 aliphatic carbocycles. The third-order valence-corrected chi connectivity index (χ3v) is 7.23. The zero-order valence-corrected chi connectivity index (χ0v) is 18.2. The molecule has 7 nitrogen and oxygen atoms in total. The van der Waals surface area contributed by atoms with Gasteiger partial charge in [-0.2, -0.15) is 0 Å². The number of hydrogen-bond acceptors (Lipinski definition) is 4. The van der Waals surface area contributed by atoms with Gasteiger partial charge in [-0.15, -0.1) is 0 Å². The minimum Gasteiger partial charge on any atom is -0.396 e. The lowest BCUT2D eigenvalue weighted by Gasteiger charge is -2.38. The smallest absolute Gasteiger partial charge is 0.258 e. The van der Waals surface area contributed by atoms with Gasteiger partial charge in [0.25, 0.3) is 5.56 Å². The van der Waals surface area contributed by atoms with E-state index in [0.29, 0.717) is 36.7 Å². The summed E-state index contributed by atoms with van der Waals surface area (Å²) in [6, 6.07) is 12.3. The molecule has 2 fully saturated rings. The highest BCUT2D eigenvalue weighted by atomic mass is 16.3. The Bertz CT molecular complexity index is 1090. The fourth-order valence-corrected chi connectivity index (χ4v) is 5.55. The highest BCUT2D eigenvalue weighted by Crippen LogP contribution is 2.49. The van der Waals surface area contributed by atoms with Crippen molar-refractivity contribution >= 4 is 11.8 Å². The second-order valence-electron chi connectivity index (χ2n) is 9.18. The van der Waals surface area contributed by atoms with Crippen LogP contribution in [0.15, 0.2) is 47.3 Å². The SMILES string of the molecule is CCNC(=O)[C@@H]1[C@@H](CO)[C@@H]2Cn3c(ccc(-c4ccccc4)c3=O)[C@H]1N2C(=O)CC1CC1. The van der Waals surface area contributed by atoms with E-state index in [1.807, 2.05) is 48.2 Å². The summed E-state index contributed by atoms with van der Waals surface area (Å²) in [5.41, 5.74) is 2.00. The van der Waals surface area contributed by atoms with Crippen LogP contribution in [0, 0.1) is 17.8 Å². The second-order valence-corrected chi connectivity index (χ2v) is 9.18. The predicted molar refractivity (Wildman–Crippen MR) is 120 cm³/mol. The molecule has 32 heavy (non-hydrogen) atoms. The summed E-state index contributed by atoms with van der Waals surface area (Å²) in [6.45, 7) is 2.42. The summed E-state index contributed by atoms with van der Waals surface area (Å²) in [6.07, 6.45) is 2.60. The van der Waals surface area contributed by atoms with Gasteiger partial charge in [0.05, 0.1) is 18.0 Å². The summed E-state index contributed by atoms with van der Waals surface area (Å²) in [4.78, 5) is 41.7. The normalized spacial score (nSPS) is 26.0. The molecule has 2 N–H and O–H groups in total. The van der Waals surface area contributed by atoms with E-state index < -0.39 is 17.9 Å². The van der Waals surface area contributed by atoms with Crippen molar-refractivity contribution in [2.24, 2.45) is 17.8 Å². The van der Waals surface area contributed by atoms with Crippen LogP contribution in [0.1, 0.15) is 37.9 Å². The molecule has 1 aromatic carbocycles. The quantitative estimate of drug-likeness (QED) is 0.726. The lowest BCUT2D eigenvalue weighted by atomic mass is 9.86. The molecule has 168 valence electrons. The summed E-state index contributed by atoms with van der Waals surface area (Å²) < 4.78 is 1.72. The van der Waals surface area contributed by atoms with Crippen LogP contribution in [0.5, 0.6) is 0 Å².